The SMILES string of the molecule is O=C(Nc1ccc(N(Cc2ccccc2)c2ccccc2)cc1)OC1CC(=O)N(C2Cc3ccccc3C2)C1. The van der Waals surface area contributed by atoms with Crippen LogP contribution in [0.5, 0.6) is 0 Å². The Balaban J connectivity index is 1.07. The molecule has 6 heteroatoms. The van der Waals surface area contributed by atoms with Crippen molar-refractivity contribution in [2.24, 2.45) is 0 Å². The molecule has 1 unspecified atom stereocenters. The molecule has 39 heavy (non-hydrogen) atoms. The fraction of sp³-hybridized carbons (Fsp3) is 0.212. The van der Waals surface area contributed by atoms with E-state index in [1.54, 1.807) is 0 Å². The van der Waals surface area contributed by atoms with Crippen molar-refractivity contribution >= 4 is 29.1 Å². The Morgan fingerprint density at radius 2 is 1.36 bits per heavy atom. The summed E-state index contributed by atoms with van der Waals surface area (Å²) in [7, 11) is 0. The minimum Gasteiger partial charge on any atom is -0.444 e. The van der Waals surface area contributed by atoms with Crippen molar-refractivity contribution in [2.45, 2.75) is 38.0 Å². The fourth-order valence-electron chi connectivity index (χ4n) is 5.61. The molecule has 1 aliphatic carbocycles. The van der Waals surface area contributed by atoms with Crippen LogP contribution in [0.15, 0.2) is 109 Å². The highest BCUT2D eigenvalue weighted by Crippen LogP contribution is 2.30. The molecule has 2 amide bonds. The summed E-state index contributed by atoms with van der Waals surface area (Å²) in [6, 6.07) is 36.8. The molecule has 4 aromatic carbocycles. The molecule has 0 radical (unpaired) electrons. The zero-order valence-electron chi connectivity index (χ0n) is 21.7. The first-order valence-corrected chi connectivity index (χ1v) is 13.4. The number of carbonyl (C=O) groups excluding carboxylic acids is 2. The number of hydrogen-bond donors (Lipinski definition) is 1. The highest BCUT2D eigenvalue weighted by Gasteiger charge is 2.38. The summed E-state index contributed by atoms with van der Waals surface area (Å²) in [6.07, 6.45) is 0.959. The molecular weight excluding hydrogens is 486 g/mol. The minimum absolute atomic E-state index is 0.0504. The maximum atomic E-state index is 12.7. The van der Waals surface area contributed by atoms with Crippen molar-refractivity contribution in [3.05, 3.63) is 126 Å². The maximum absolute atomic E-state index is 12.7. The number of amides is 2. The van der Waals surface area contributed by atoms with Crippen molar-refractivity contribution in [3.63, 3.8) is 0 Å². The zero-order valence-corrected chi connectivity index (χ0v) is 21.7. The van der Waals surface area contributed by atoms with Crippen molar-refractivity contribution in [3.8, 4) is 0 Å². The first-order valence-electron chi connectivity index (χ1n) is 13.4. The summed E-state index contributed by atoms with van der Waals surface area (Å²) < 4.78 is 5.66. The summed E-state index contributed by atoms with van der Waals surface area (Å²) in [5.41, 5.74) is 6.55. The third kappa shape index (κ3) is 5.65. The largest absolute Gasteiger partial charge is 0.444 e. The Morgan fingerprint density at radius 1 is 0.769 bits per heavy atom. The van der Waals surface area contributed by atoms with Crippen LogP contribution in [-0.4, -0.2) is 35.6 Å². The van der Waals surface area contributed by atoms with E-state index >= 15 is 0 Å². The van der Waals surface area contributed by atoms with Crippen LogP contribution >= 0.6 is 0 Å². The average Bonchev–Trinajstić information content (AvgIpc) is 3.56. The van der Waals surface area contributed by atoms with Crippen LogP contribution in [0.3, 0.4) is 0 Å². The first kappa shape index (κ1) is 24.7. The molecule has 196 valence electrons. The van der Waals surface area contributed by atoms with Gasteiger partial charge in [0.05, 0.1) is 13.0 Å². The van der Waals surface area contributed by atoms with E-state index in [-0.39, 0.29) is 18.4 Å². The van der Waals surface area contributed by atoms with Gasteiger partial charge >= 0.3 is 6.09 Å². The molecule has 4 aromatic rings. The van der Waals surface area contributed by atoms with Gasteiger partial charge in [0.25, 0.3) is 0 Å². The third-order valence-electron chi connectivity index (χ3n) is 7.54. The van der Waals surface area contributed by atoms with Gasteiger partial charge in [-0.25, -0.2) is 4.79 Å². The summed E-state index contributed by atoms with van der Waals surface area (Å²) in [5, 5.41) is 2.83. The van der Waals surface area contributed by atoms with Gasteiger partial charge in [0, 0.05) is 29.6 Å². The van der Waals surface area contributed by atoms with Crippen molar-refractivity contribution in [1.82, 2.24) is 4.90 Å². The molecule has 0 saturated carbocycles. The number of carbonyl (C=O) groups is 2. The quantitative estimate of drug-likeness (QED) is 0.311. The number of benzene rings is 4. The van der Waals surface area contributed by atoms with Crippen LogP contribution in [0.25, 0.3) is 0 Å². The number of fused-ring (bicyclic) bond motifs is 1. The number of ether oxygens (including phenoxy) is 1. The van der Waals surface area contributed by atoms with E-state index in [1.165, 1.54) is 16.7 Å². The number of para-hydroxylation sites is 1. The van der Waals surface area contributed by atoms with E-state index in [0.29, 0.717) is 12.2 Å². The number of rotatable bonds is 7. The second-order valence-corrected chi connectivity index (χ2v) is 10.2. The van der Waals surface area contributed by atoms with E-state index in [4.69, 9.17) is 4.74 Å². The van der Waals surface area contributed by atoms with Crippen LogP contribution < -0.4 is 10.2 Å². The van der Waals surface area contributed by atoms with E-state index < -0.39 is 12.2 Å². The topological polar surface area (TPSA) is 61.9 Å². The molecule has 0 spiro atoms. The normalized spacial score (nSPS) is 16.7. The van der Waals surface area contributed by atoms with Gasteiger partial charge in [-0.2, -0.15) is 0 Å². The molecule has 1 fully saturated rings. The monoisotopic (exact) mass is 517 g/mol. The van der Waals surface area contributed by atoms with Gasteiger partial charge in [0.1, 0.15) is 6.10 Å². The second-order valence-electron chi connectivity index (χ2n) is 10.2. The highest BCUT2D eigenvalue weighted by molar-refractivity contribution is 5.86. The Hall–Kier alpha value is -4.58. The van der Waals surface area contributed by atoms with Crippen molar-refractivity contribution in [2.75, 3.05) is 16.8 Å². The van der Waals surface area contributed by atoms with Crippen LogP contribution in [0.4, 0.5) is 21.9 Å². The number of nitrogens with one attached hydrogen (secondary N) is 1. The molecule has 1 atom stereocenters. The van der Waals surface area contributed by atoms with Crippen LogP contribution in [0, 0.1) is 0 Å². The molecule has 1 N–H and O–H groups in total. The Labute approximate surface area is 228 Å². The van der Waals surface area contributed by atoms with Gasteiger partial charge in [-0.1, -0.05) is 72.8 Å². The van der Waals surface area contributed by atoms with Gasteiger partial charge in [0.2, 0.25) is 5.91 Å². The van der Waals surface area contributed by atoms with E-state index in [9.17, 15) is 9.59 Å². The Morgan fingerprint density at radius 3 is 2.03 bits per heavy atom. The number of likely N-dealkylation sites (tertiary alicyclic amines) is 1. The van der Waals surface area contributed by atoms with Crippen LogP contribution in [0.2, 0.25) is 0 Å². The molecule has 1 aliphatic heterocycles. The van der Waals surface area contributed by atoms with Gasteiger partial charge in [-0.3, -0.25) is 10.1 Å². The van der Waals surface area contributed by atoms with Gasteiger partial charge in [0.15, 0.2) is 0 Å². The first-order chi connectivity index (χ1) is 19.1. The molecule has 1 saturated heterocycles. The summed E-state index contributed by atoms with van der Waals surface area (Å²) in [5.74, 6) is 0.0504. The number of nitrogens with zero attached hydrogens (tertiary/aromatic N) is 2. The average molecular weight is 518 g/mol. The molecule has 2 aliphatic rings. The van der Waals surface area contributed by atoms with Gasteiger partial charge in [-0.15, -0.1) is 0 Å². The molecule has 1 heterocycles. The molecule has 0 bridgehead atoms. The van der Waals surface area contributed by atoms with Gasteiger partial charge in [-0.05, 0) is 65.9 Å². The number of anilines is 3. The standard InChI is InChI=1S/C33H31N3O3/c37-32-21-31(23-36(32)30-19-25-11-7-8-12-26(25)20-30)39-33(38)34-27-15-17-29(18-16-27)35(28-13-5-2-6-14-28)22-24-9-3-1-4-10-24/h1-18,30-31H,19-23H2,(H,34,38). The number of hydrogen-bond acceptors (Lipinski definition) is 4. The molecule has 6 rings (SSSR count). The summed E-state index contributed by atoms with van der Waals surface area (Å²) >= 11 is 0. The molecule has 0 aromatic heterocycles. The smallest absolute Gasteiger partial charge is 0.411 e. The lowest BCUT2D eigenvalue weighted by Gasteiger charge is -2.25. The third-order valence-corrected chi connectivity index (χ3v) is 7.54. The van der Waals surface area contributed by atoms with Gasteiger partial charge < -0.3 is 14.5 Å². The van der Waals surface area contributed by atoms with Crippen molar-refractivity contribution in [1.29, 1.82) is 0 Å². The van der Waals surface area contributed by atoms with E-state index in [2.05, 4.69) is 46.6 Å². The highest BCUT2D eigenvalue weighted by atomic mass is 16.6. The van der Waals surface area contributed by atoms with E-state index in [1.807, 2.05) is 77.7 Å². The lowest BCUT2D eigenvalue weighted by molar-refractivity contribution is -0.129. The molecular formula is C33H31N3O3. The minimum atomic E-state index is -0.540. The summed E-state index contributed by atoms with van der Waals surface area (Å²) in [6.45, 7) is 1.16. The Kier molecular flexibility index (Phi) is 7.00. The predicted molar refractivity (Wildman–Crippen MR) is 153 cm³/mol. The predicted octanol–water partition coefficient (Wildman–Crippen LogP) is 6.34. The Bertz CT molecular complexity index is 1420. The van der Waals surface area contributed by atoms with Crippen molar-refractivity contribution < 1.29 is 14.3 Å². The fourth-order valence-corrected chi connectivity index (χ4v) is 5.61. The second kappa shape index (κ2) is 11.0. The van der Waals surface area contributed by atoms with E-state index in [0.717, 1.165) is 30.8 Å². The lowest BCUT2D eigenvalue weighted by atomic mass is 10.1. The molecule has 6 nitrogen and oxygen atoms in total. The zero-order chi connectivity index (χ0) is 26.6. The maximum Gasteiger partial charge on any atom is 0.411 e. The van der Waals surface area contributed by atoms with Crippen LogP contribution in [0.1, 0.15) is 23.1 Å². The summed E-state index contributed by atoms with van der Waals surface area (Å²) in [4.78, 5) is 29.5. The lowest BCUT2D eigenvalue weighted by Crippen LogP contribution is -2.38. The van der Waals surface area contributed by atoms with Crippen LogP contribution in [-0.2, 0) is 28.9 Å².